The Morgan fingerprint density at radius 3 is 2.65 bits per heavy atom. The van der Waals surface area contributed by atoms with E-state index in [1.165, 1.54) is 4.90 Å². The highest BCUT2D eigenvalue weighted by molar-refractivity contribution is 5.84. The monoisotopic (exact) mass is 324 g/mol. The van der Waals surface area contributed by atoms with Gasteiger partial charge in [0.15, 0.2) is 5.54 Å². The van der Waals surface area contributed by atoms with Crippen molar-refractivity contribution in [1.29, 1.82) is 0 Å². The van der Waals surface area contributed by atoms with Crippen LogP contribution in [0.3, 0.4) is 0 Å². The van der Waals surface area contributed by atoms with Gasteiger partial charge in [-0.15, -0.1) is 6.58 Å². The molecule has 23 heavy (non-hydrogen) atoms. The summed E-state index contributed by atoms with van der Waals surface area (Å²) in [5.74, 6) is -1.03. The molecule has 1 amide bonds. The van der Waals surface area contributed by atoms with Crippen molar-refractivity contribution in [1.82, 2.24) is 4.90 Å². The van der Waals surface area contributed by atoms with Gasteiger partial charge in [0.25, 0.3) is 0 Å². The quantitative estimate of drug-likeness (QED) is 0.255. The fraction of sp³-hybridized carbons (Fsp3) is 0.733. The number of hydrogen-bond donors (Lipinski definition) is 0. The molecule has 128 valence electrons. The van der Waals surface area contributed by atoms with Crippen molar-refractivity contribution in [2.45, 2.75) is 45.3 Å². The Kier molecular flexibility index (Phi) is 6.04. The summed E-state index contributed by atoms with van der Waals surface area (Å²) >= 11 is 0. The standard InChI is InChI=1S/C15H24N4O4/c1-6-8-11-9-19(13(21)23-14(3,4)5)10-15(11,17-18-16)12(20)22-7-2/h6,11H,1,7-10H2,2-5H3/t11-,15-/m0/s1. The molecule has 1 saturated heterocycles. The zero-order valence-electron chi connectivity index (χ0n) is 14.1. The molecule has 0 saturated carbocycles. The lowest BCUT2D eigenvalue weighted by molar-refractivity contribution is -0.150. The van der Waals surface area contributed by atoms with E-state index in [1.807, 2.05) is 0 Å². The normalized spacial score (nSPS) is 23.8. The maximum Gasteiger partial charge on any atom is 0.410 e. The number of nitrogens with zero attached hydrogens (tertiary/aromatic N) is 4. The van der Waals surface area contributed by atoms with Crippen LogP contribution < -0.4 is 0 Å². The highest BCUT2D eigenvalue weighted by Crippen LogP contribution is 2.36. The van der Waals surface area contributed by atoms with Gasteiger partial charge in [-0.25, -0.2) is 4.79 Å². The van der Waals surface area contributed by atoms with Crippen molar-refractivity contribution in [3.8, 4) is 0 Å². The molecule has 1 aliphatic heterocycles. The maximum absolute atomic E-state index is 12.4. The summed E-state index contributed by atoms with van der Waals surface area (Å²) in [6, 6.07) is 0. The second kappa shape index (κ2) is 7.37. The summed E-state index contributed by atoms with van der Waals surface area (Å²) in [5.41, 5.74) is 6.79. The first-order chi connectivity index (χ1) is 10.7. The molecule has 8 heteroatoms. The number of hydrogen-bond acceptors (Lipinski definition) is 5. The zero-order valence-corrected chi connectivity index (χ0v) is 14.1. The predicted octanol–water partition coefficient (Wildman–Crippen LogP) is 3.04. The van der Waals surface area contributed by atoms with Crippen molar-refractivity contribution in [3.63, 3.8) is 0 Å². The third kappa shape index (κ3) is 4.39. The van der Waals surface area contributed by atoms with E-state index in [1.54, 1.807) is 33.8 Å². The lowest BCUT2D eigenvalue weighted by Crippen LogP contribution is -2.46. The SMILES string of the molecule is C=CC[C@H]1CN(C(=O)OC(C)(C)C)C[C@@]1(N=[N+]=[N-])C(=O)OCC. The van der Waals surface area contributed by atoms with E-state index in [0.717, 1.165) is 0 Å². The van der Waals surface area contributed by atoms with Gasteiger partial charge in [-0.1, -0.05) is 11.2 Å². The lowest BCUT2D eigenvalue weighted by atomic mass is 9.85. The summed E-state index contributed by atoms with van der Waals surface area (Å²) in [4.78, 5) is 28.9. The topological polar surface area (TPSA) is 105 Å². The van der Waals surface area contributed by atoms with Gasteiger partial charge in [-0.3, -0.25) is 4.79 Å². The van der Waals surface area contributed by atoms with Crippen LogP contribution in [0.25, 0.3) is 10.4 Å². The van der Waals surface area contributed by atoms with Crippen LogP contribution in [-0.4, -0.2) is 47.8 Å². The van der Waals surface area contributed by atoms with Crippen molar-refractivity contribution in [3.05, 3.63) is 23.1 Å². The number of allylic oxidation sites excluding steroid dienone is 1. The number of amides is 1. The summed E-state index contributed by atoms with van der Waals surface area (Å²) < 4.78 is 10.4. The molecule has 0 unspecified atom stereocenters. The Labute approximate surface area is 136 Å². The van der Waals surface area contributed by atoms with Gasteiger partial charge in [0, 0.05) is 23.9 Å². The number of ether oxygens (including phenoxy) is 2. The highest BCUT2D eigenvalue weighted by Gasteiger charge is 2.54. The van der Waals surface area contributed by atoms with Gasteiger partial charge in [0.1, 0.15) is 5.60 Å². The third-order valence-corrected chi connectivity index (χ3v) is 3.50. The van der Waals surface area contributed by atoms with Crippen LogP contribution in [0.5, 0.6) is 0 Å². The van der Waals surface area contributed by atoms with Crippen LogP contribution in [0, 0.1) is 5.92 Å². The molecular formula is C15H24N4O4. The molecule has 0 N–H and O–H groups in total. The number of azide groups is 1. The number of likely N-dealkylation sites (tertiary alicyclic amines) is 1. The molecule has 0 aromatic heterocycles. The van der Waals surface area contributed by atoms with Crippen molar-refractivity contribution in [2.75, 3.05) is 19.7 Å². The van der Waals surface area contributed by atoms with Crippen LogP contribution in [0.4, 0.5) is 4.79 Å². The first-order valence-electron chi connectivity index (χ1n) is 7.52. The average Bonchev–Trinajstić information content (AvgIpc) is 2.78. The van der Waals surface area contributed by atoms with Gasteiger partial charge < -0.3 is 14.4 Å². The van der Waals surface area contributed by atoms with Crippen molar-refractivity contribution >= 4 is 12.1 Å². The number of carbonyl (C=O) groups excluding carboxylic acids is 2. The molecule has 1 rings (SSSR count). The van der Waals surface area contributed by atoms with Crippen LogP contribution in [0.1, 0.15) is 34.1 Å². The van der Waals surface area contributed by atoms with Gasteiger partial charge in [0.2, 0.25) is 0 Å². The molecule has 1 aliphatic rings. The Balaban J connectivity index is 3.12. The smallest absolute Gasteiger partial charge is 0.410 e. The Morgan fingerprint density at radius 2 is 2.17 bits per heavy atom. The van der Waals surface area contributed by atoms with E-state index in [2.05, 4.69) is 16.6 Å². The van der Waals surface area contributed by atoms with E-state index < -0.39 is 29.1 Å². The molecule has 8 nitrogen and oxygen atoms in total. The molecule has 0 aromatic rings. The van der Waals surface area contributed by atoms with Crippen LogP contribution >= 0.6 is 0 Å². The minimum absolute atomic E-state index is 0.0662. The second-order valence-electron chi connectivity index (χ2n) is 6.42. The first-order valence-corrected chi connectivity index (χ1v) is 7.52. The zero-order chi connectivity index (χ0) is 17.7. The van der Waals surface area contributed by atoms with Crippen LogP contribution in [-0.2, 0) is 14.3 Å². The molecule has 0 aromatic carbocycles. The molecular weight excluding hydrogens is 300 g/mol. The first kappa shape index (κ1) is 18.8. The second-order valence-corrected chi connectivity index (χ2v) is 6.42. The molecule has 1 fully saturated rings. The average molecular weight is 324 g/mol. The largest absolute Gasteiger partial charge is 0.465 e. The molecule has 0 aliphatic carbocycles. The Hall–Kier alpha value is -2.21. The highest BCUT2D eigenvalue weighted by atomic mass is 16.6. The van der Waals surface area contributed by atoms with Gasteiger partial charge >= 0.3 is 12.1 Å². The fourth-order valence-electron chi connectivity index (χ4n) is 2.56. The van der Waals surface area contributed by atoms with Gasteiger partial charge in [-0.2, -0.15) is 0 Å². The summed E-state index contributed by atoms with van der Waals surface area (Å²) in [5, 5.41) is 3.71. The summed E-state index contributed by atoms with van der Waals surface area (Å²) in [6.45, 7) is 10.9. The maximum atomic E-state index is 12.4. The van der Waals surface area contributed by atoms with Gasteiger partial charge in [0.05, 0.1) is 6.61 Å². The fourth-order valence-corrected chi connectivity index (χ4v) is 2.56. The molecule has 0 spiro atoms. The van der Waals surface area contributed by atoms with E-state index in [0.29, 0.717) is 6.42 Å². The van der Waals surface area contributed by atoms with Crippen molar-refractivity contribution in [2.24, 2.45) is 11.0 Å². The number of carbonyl (C=O) groups is 2. The minimum Gasteiger partial charge on any atom is -0.465 e. The molecule has 1 heterocycles. The predicted molar refractivity (Wildman–Crippen MR) is 84.6 cm³/mol. The molecule has 2 atom stereocenters. The van der Waals surface area contributed by atoms with Crippen LogP contribution in [0.2, 0.25) is 0 Å². The van der Waals surface area contributed by atoms with E-state index in [9.17, 15) is 9.59 Å². The van der Waals surface area contributed by atoms with E-state index in [4.69, 9.17) is 15.0 Å². The summed E-state index contributed by atoms with van der Waals surface area (Å²) in [7, 11) is 0. The third-order valence-electron chi connectivity index (χ3n) is 3.50. The van der Waals surface area contributed by atoms with Crippen LogP contribution in [0.15, 0.2) is 17.8 Å². The number of rotatable bonds is 5. The number of esters is 1. The van der Waals surface area contributed by atoms with E-state index in [-0.39, 0.29) is 19.7 Å². The van der Waals surface area contributed by atoms with E-state index >= 15 is 0 Å². The minimum atomic E-state index is -1.45. The Morgan fingerprint density at radius 1 is 1.52 bits per heavy atom. The lowest BCUT2D eigenvalue weighted by Gasteiger charge is -2.27. The molecule has 0 bridgehead atoms. The Bertz CT molecular complexity index is 522. The van der Waals surface area contributed by atoms with Crippen molar-refractivity contribution < 1.29 is 19.1 Å². The summed E-state index contributed by atoms with van der Waals surface area (Å²) in [6.07, 6.45) is 1.49. The van der Waals surface area contributed by atoms with Gasteiger partial charge in [-0.05, 0) is 39.6 Å². The molecule has 0 radical (unpaired) electrons.